The second-order valence-electron chi connectivity index (χ2n) is 3.85. The average Bonchev–Trinajstić information content (AvgIpc) is 2.77. The van der Waals surface area contributed by atoms with Crippen LogP contribution in [0.4, 0.5) is 0 Å². The van der Waals surface area contributed by atoms with Crippen LogP contribution in [0.2, 0.25) is 0 Å². The first kappa shape index (κ1) is 12.8. The summed E-state index contributed by atoms with van der Waals surface area (Å²) in [5.74, 6) is 0.739. The highest BCUT2D eigenvalue weighted by molar-refractivity contribution is 9.10. The van der Waals surface area contributed by atoms with Gasteiger partial charge in [-0.3, -0.25) is 9.48 Å². The molecule has 0 aliphatic heterocycles. The largest absolute Gasteiger partial charge is 0.492 e. The molecule has 2 aromatic rings. The number of ether oxygens (including phenoxy) is 1. The fraction of sp³-hybridized carbons (Fsp3) is 0.231. The van der Waals surface area contributed by atoms with Crippen molar-refractivity contribution in [2.45, 2.75) is 6.42 Å². The monoisotopic (exact) mass is 308 g/mol. The zero-order valence-corrected chi connectivity index (χ0v) is 11.6. The minimum Gasteiger partial charge on any atom is -0.492 e. The van der Waals surface area contributed by atoms with Crippen molar-refractivity contribution in [3.05, 3.63) is 46.2 Å². The van der Waals surface area contributed by atoms with Crippen molar-refractivity contribution in [2.24, 2.45) is 7.05 Å². The molecular weight excluding hydrogens is 296 g/mol. The third kappa shape index (κ3) is 2.98. The van der Waals surface area contributed by atoms with Crippen LogP contribution in [-0.4, -0.2) is 22.7 Å². The van der Waals surface area contributed by atoms with Crippen LogP contribution >= 0.6 is 15.9 Å². The number of carbonyl (C=O) groups excluding carboxylic acids is 1. The molecule has 0 aliphatic rings. The highest BCUT2D eigenvalue weighted by Crippen LogP contribution is 2.25. The Kier molecular flexibility index (Phi) is 4.15. The third-order valence-electron chi connectivity index (χ3n) is 2.63. The first-order chi connectivity index (χ1) is 8.70. The van der Waals surface area contributed by atoms with Crippen molar-refractivity contribution in [2.75, 3.05) is 6.61 Å². The average molecular weight is 309 g/mol. The van der Waals surface area contributed by atoms with Crippen molar-refractivity contribution in [3.8, 4) is 5.75 Å². The van der Waals surface area contributed by atoms with Gasteiger partial charge in [0.05, 0.1) is 11.1 Å². The third-order valence-corrected chi connectivity index (χ3v) is 3.25. The summed E-state index contributed by atoms with van der Waals surface area (Å²) in [6, 6.07) is 7.23. The molecule has 1 aromatic heterocycles. The molecule has 1 heterocycles. The Hall–Kier alpha value is -1.62. The highest BCUT2D eigenvalue weighted by Gasteiger charge is 2.03. The molecule has 0 radical (unpaired) electrons. The zero-order valence-electron chi connectivity index (χ0n) is 9.97. The van der Waals surface area contributed by atoms with Gasteiger partial charge in [-0.1, -0.05) is 0 Å². The summed E-state index contributed by atoms with van der Waals surface area (Å²) >= 11 is 3.38. The minimum atomic E-state index is 0.568. The number of hydrogen-bond donors (Lipinski definition) is 0. The quantitative estimate of drug-likeness (QED) is 0.798. The van der Waals surface area contributed by atoms with E-state index < -0.39 is 0 Å². The molecule has 0 spiro atoms. The first-order valence-electron chi connectivity index (χ1n) is 5.55. The molecule has 0 N–H and O–H groups in total. The summed E-state index contributed by atoms with van der Waals surface area (Å²) in [6.07, 6.45) is 3.37. The van der Waals surface area contributed by atoms with Crippen LogP contribution < -0.4 is 4.74 Å². The van der Waals surface area contributed by atoms with Crippen molar-refractivity contribution < 1.29 is 9.53 Å². The lowest BCUT2D eigenvalue weighted by Gasteiger charge is -2.08. The van der Waals surface area contributed by atoms with Crippen LogP contribution in [0.1, 0.15) is 16.1 Å². The van der Waals surface area contributed by atoms with Gasteiger partial charge in [-0.2, -0.15) is 5.10 Å². The second kappa shape index (κ2) is 5.82. The van der Waals surface area contributed by atoms with E-state index in [1.165, 1.54) is 0 Å². The van der Waals surface area contributed by atoms with E-state index in [4.69, 9.17) is 4.74 Å². The highest BCUT2D eigenvalue weighted by atomic mass is 79.9. The molecule has 0 amide bonds. The predicted octanol–water partition coefficient (Wildman–Crippen LogP) is 2.62. The van der Waals surface area contributed by atoms with Crippen LogP contribution in [0.3, 0.4) is 0 Å². The molecule has 0 saturated carbocycles. The van der Waals surface area contributed by atoms with Gasteiger partial charge in [0.1, 0.15) is 12.0 Å². The molecular formula is C13H13BrN2O2. The topological polar surface area (TPSA) is 44.1 Å². The van der Waals surface area contributed by atoms with Crippen molar-refractivity contribution in [3.63, 3.8) is 0 Å². The number of aldehydes is 1. The standard InChI is InChI=1S/C13H13BrN2O2/c1-16-11(4-6-15-16)5-7-18-13-3-2-10(9-17)8-12(13)14/h2-4,6,8-9H,5,7H2,1H3. The molecule has 2 rings (SSSR count). The van der Waals surface area contributed by atoms with Crippen molar-refractivity contribution >= 4 is 22.2 Å². The van der Waals surface area contributed by atoms with Crippen LogP contribution in [0.15, 0.2) is 34.9 Å². The van der Waals surface area contributed by atoms with E-state index in [1.807, 2.05) is 17.8 Å². The Morgan fingerprint density at radius 2 is 2.28 bits per heavy atom. The van der Waals surface area contributed by atoms with Gasteiger partial charge in [0, 0.05) is 30.9 Å². The summed E-state index contributed by atoms with van der Waals surface area (Å²) < 4.78 is 8.28. The van der Waals surface area contributed by atoms with Crippen LogP contribution in [0, 0.1) is 0 Å². The van der Waals surface area contributed by atoms with E-state index in [-0.39, 0.29) is 0 Å². The minimum absolute atomic E-state index is 0.568. The van der Waals surface area contributed by atoms with Crippen LogP contribution in [-0.2, 0) is 13.5 Å². The Morgan fingerprint density at radius 1 is 1.44 bits per heavy atom. The number of aromatic nitrogens is 2. The van der Waals surface area contributed by atoms with E-state index >= 15 is 0 Å². The van der Waals surface area contributed by atoms with Gasteiger partial charge in [-0.25, -0.2) is 0 Å². The normalized spacial score (nSPS) is 10.3. The number of aryl methyl sites for hydroxylation is 1. The lowest BCUT2D eigenvalue weighted by molar-refractivity contribution is 0.112. The number of hydrogen-bond acceptors (Lipinski definition) is 3. The fourth-order valence-corrected chi connectivity index (χ4v) is 2.13. The number of nitrogens with zero attached hydrogens (tertiary/aromatic N) is 2. The first-order valence-corrected chi connectivity index (χ1v) is 6.34. The molecule has 1 aromatic carbocycles. The maximum absolute atomic E-state index is 10.6. The number of halogens is 1. The molecule has 94 valence electrons. The summed E-state index contributed by atoms with van der Waals surface area (Å²) in [6.45, 7) is 0.568. The van der Waals surface area contributed by atoms with Gasteiger partial charge in [-0.15, -0.1) is 0 Å². The summed E-state index contributed by atoms with van der Waals surface area (Å²) in [4.78, 5) is 10.6. The summed E-state index contributed by atoms with van der Waals surface area (Å²) in [5, 5.41) is 4.10. The van der Waals surface area contributed by atoms with Crippen LogP contribution in [0.5, 0.6) is 5.75 Å². The molecule has 5 heteroatoms. The Bertz CT molecular complexity index is 552. The molecule has 4 nitrogen and oxygen atoms in total. The SMILES string of the molecule is Cn1nccc1CCOc1ccc(C=O)cc1Br. The Labute approximate surface area is 114 Å². The van der Waals surface area contributed by atoms with Gasteiger partial charge in [0.2, 0.25) is 0 Å². The molecule has 0 saturated heterocycles. The van der Waals surface area contributed by atoms with Crippen molar-refractivity contribution in [1.29, 1.82) is 0 Å². The smallest absolute Gasteiger partial charge is 0.150 e. The number of carbonyl (C=O) groups is 1. The van der Waals surface area contributed by atoms with Gasteiger partial charge >= 0.3 is 0 Å². The van der Waals surface area contributed by atoms with E-state index in [0.29, 0.717) is 12.2 Å². The second-order valence-corrected chi connectivity index (χ2v) is 4.71. The molecule has 0 bridgehead atoms. The molecule has 18 heavy (non-hydrogen) atoms. The van der Waals surface area contributed by atoms with Gasteiger partial charge in [-0.05, 0) is 40.2 Å². The fourth-order valence-electron chi connectivity index (χ4n) is 1.62. The van der Waals surface area contributed by atoms with Gasteiger partial charge in [0.25, 0.3) is 0 Å². The molecule has 0 fully saturated rings. The Balaban J connectivity index is 1.94. The number of benzene rings is 1. The maximum Gasteiger partial charge on any atom is 0.150 e. The van der Waals surface area contributed by atoms with Gasteiger partial charge in [0.15, 0.2) is 0 Å². The van der Waals surface area contributed by atoms with E-state index in [9.17, 15) is 4.79 Å². The van der Waals surface area contributed by atoms with E-state index in [2.05, 4.69) is 21.0 Å². The predicted molar refractivity (Wildman–Crippen MR) is 71.9 cm³/mol. The lowest BCUT2D eigenvalue weighted by Crippen LogP contribution is -2.06. The molecule has 0 aliphatic carbocycles. The molecule has 0 unspecified atom stereocenters. The van der Waals surface area contributed by atoms with Crippen LogP contribution in [0.25, 0.3) is 0 Å². The Morgan fingerprint density at radius 3 is 2.89 bits per heavy atom. The molecule has 0 atom stereocenters. The summed E-state index contributed by atoms with van der Waals surface area (Å²) in [5.41, 5.74) is 1.75. The van der Waals surface area contributed by atoms with E-state index in [0.717, 1.165) is 28.6 Å². The lowest BCUT2D eigenvalue weighted by atomic mass is 10.2. The van der Waals surface area contributed by atoms with Crippen molar-refractivity contribution in [1.82, 2.24) is 9.78 Å². The van der Waals surface area contributed by atoms with Gasteiger partial charge < -0.3 is 4.74 Å². The maximum atomic E-state index is 10.6. The number of rotatable bonds is 5. The summed E-state index contributed by atoms with van der Waals surface area (Å²) in [7, 11) is 1.91. The van der Waals surface area contributed by atoms with E-state index in [1.54, 1.807) is 24.4 Å². The zero-order chi connectivity index (χ0) is 13.0.